The standard InChI is InChI=1S/C19H24O3/c1-17-8-5-13(20)11-12(17)3-4-15-14(17)6-9-18(2)16(21)7-10-19(15,18)22/h3-4,11,14-15,22H,5-10H2,1-2H3. The molecule has 0 bridgehead atoms. The molecule has 4 rings (SSSR count). The summed E-state index contributed by atoms with van der Waals surface area (Å²) < 4.78 is 0. The third kappa shape index (κ3) is 1.51. The molecule has 0 radical (unpaired) electrons. The van der Waals surface area contributed by atoms with Crippen LogP contribution in [0.5, 0.6) is 0 Å². The van der Waals surface area contributed by atoms with Gasteiger partial charge in [0, 0.05) is 18.8 Å². The fourth-order valence-electron chi connectivity index (χ4n) is 5.74. The number of carbonyl (C=O) groups is 2. The van der Waals surface area contributed by atoms with E-state index >= 15 is 0 Å². The number of ketones is 2. The van der Waals surface area contributed by atoms with Gasteiger partial charge >= 0.3 is 0 Å². The van der Waals surface area contributed by atoms with E-state index < -0.39 is 11.0 Å². The predicted octanol–water partition coefficient (Wildman–Crippen LogP) is 2.98. The normalized spacial score (nSPS) is 50.2. The molecule has 2 saturated carbocycles. The Morgan fingerprint density at radius 2 is 1.91 bits per heavy atom. The van der Waals surface area contributed by atoms with Crippen LogP contribution in [0.25, 0.3) is 0 Å². The van der Waals surface area contributed by atoms with Gasteiger partial charge in [0.15, 0.2) is 5.78 Å². The molecule has 0 heterocycles. The maximum atomic E-state index is 12.4. The number of aliphatic hydroxyl groups is 1. The minimum absolute atomic E-state index is 0.0317. The number of fused-ring (bicyclic) bond motifs is 5. The van der Waals surface area contributed by atoms with Crippen molar-refractivity contribution < 1.29 is 14.7 Å². The van der Waals surface area contributed by atoms with Crippen LogP contribution in [0.3, 0.4) is 0 Å². The average Bonchev–Trinajstić information content (AvgIpc) is 2.72. The minimum Gasteiger partial charge on any atom is -0.388 e. The highest BCUT2D eigenvalue weighted by Gasteiger charge is 2.65. The maximum absolute atomic E-state index is 12.4. The molecule has 0 saturated heterocycles. The van der Waals surface area contributed by atoms with Crippen molar-refractivity contribution in [2.45, 2.75) is 58.0 Å². The van der Waals surface area contributed by atoms with Crippen molar-refractivity contribution in [2.24, 2.45) is 22.7 Å². The van der Waals surface area contributed by atoms with E-state index in [1.54, 1.807) is 6.08 Å². The van der Waals surface area contributed by atoms with Crippen molar-refractivity contribution in [1.29, 1.82) is 0 Å². The van der Waals surface area contributed by atoms with Crippen molar-refractivity contribution in [3.63, 3.8) is 0 Å². The number of hydrogen-bond donors (Lipinski definition) is 1. The zero-order valence-corrected chi connectivity index (χ0v) is 13.4. The van der Waals surface area contributed by atoms with E-state index in [0.717, 1.165) is 24.8 Å². The minimum atomic E-state index is -0.903. The Labute approximate surface area is 131 Å². The number of rotatable bonds is 0. The first kappa shape index (κ1) is 14.4. The Kier molecular flexibility index (Phi) is 2.74. The molecule has 3 nitrogen and oxygen atoms in total. The van der Waals surface area contributed by atoms with Gasteiger partial charge < -0.3 is 5.11 Å². The number of carbonyl (C=O) groups excluding carboxylic acids is 2. The molecule has 118 valence electrons. The van der Waals surface area contributed by atoms with Gasteiger partial charge in [-0.3, -0.25) is 9.59 Å². The predicted molar refractivity (Wildman–Crippen MR) is 83.1 cm³/mol. The molecule has 0 aromatic carbocycles. The van der Waals surface area contributed by atoms with Gasteiger partial charge in [0.05, 0.1) is 11.0 Å². The van der Waals surface area contributed by atoms with Crippen LogP contribution in [-0.2, 0) is 9.59 Å². The first-order valence-electron chi connectivity index (χ1n) is 8.50. The molecule has 0 aliphatic heterocycles. The van der Waals surface area contributed by atoms with Gasteiger partial charge in [-0.2, -0.15) is 0 Å². The molecule has 5 unspecified atom stereocenters. The first-order chi connectivity index (χ1) is 10.3. The smallest absolute Gasteiger partial charge is 0.156 e. The summed E-state index contributed by atoms with van der Waals surface area (Å²) in [5, 5.41) is 11.4. The van der Waals surface area contributed by atoms with E-state index in [1.165, 1.54) is 0 Å². The van der Waals surface area contributed by atoms with Gasteiger partial charge in [0.1, 0.15) is 5.78 Å². The fourth-order valence-corrected chi connectivity index (χ4v) is 5.74. The van der Waals surface area contributed by atoms with Crippen molar-refractivity contribution >= 4 is 11.6 Å². The highest BCUT2D eigenvalue weighted by Crippen LogP contribution is 2.64. The molecule has 4 aliphatic carbocycles. The van der Waals surface area contributed by atoms with Crippen LogP contribution < -0.4 is 0 Å². The second-order valence-corrected chi connectivity index (χ2v) is 8.19. The van der Waals surface area contributed by atoms with E-state index in [4.69, 9.17) is 0 Å². The van der Waals surface area contributed by atoms with Crippen molar-refractivity contribution in [3.05, 3.63) is 23.8 Å². The summed E-state index contributed by atoms with van der Waals surface area (Å²) in [6.07, 6.45) is 10.2. The lowest BCUT2D eigenvalue weighted by atomic mass is 9.48. The molecule has 3 heteroatoms. The zero-order chi connectivity index (χ0) is 15.8. The molecular weight excluding hydrogens is 276 g/mol. The monoisotopic (exact) mass is 300 g/mol. The van der Waals surface area contributed by atoms with E-state index in [9.17, 15) is 14.7 Å². The second kappa shape index (κ2) is 4.19. The van der Waals surface area contributed by atoms with Crippen molar-refractivity contribution in [1.82, 2.24) is 0 Å². The molecule has 0 amide bonds. The summed E-state index contributed by atoms with van der Waals surface area (Å²) in [6, 6.07) is 0. The third-order valence-electron chi connectivity index (χ3n) is 7.41. The van der Waals surface area contributed by atoms with Crippen LogP contribution in [-0.4, -0.2) is 22.3 Å². The van der Waals surface area contributed by atoms with Crippen LogP contribution >= 0.6 is 0 Å². The lowest BCUT2D eigenvalue weighted by molar-refractivity contribution is -0.163. The van der Waals surface area contributed by atoms with Gasteiger partial charge in [-0.05, 0) is 55.6 Å². The first-order valence-corrected chi connectivity index (χ1v) is 8.50. The topological polar surface area (TPSA) is 54.4 Å². The van der Waals surface area contributed by atoms with Crippen molar-refractivity contribution in [3.8, 4) is 0 Å². The molecule has 0 aromatic rings. The Balaban J connectivity index is 1.82. The lowest BCUT2D eigenvalue weighted by Gasteiger charge is -2.57. The molecule has 2 fully saturated rings. The van der Waals surface area contributed by atoms with E-state index in [0.29, 0.717) is 25.2 Å². The number of hydrogen-bond acceptors (Lipinski definition) is 3. The fraction of sp³-hybridized carbons (Fsp3) is 0.684. The SMILES string of the molecule is CC12CCC(=O)C=C1C=CC1C2CCC2(C)C(=O)CCC12O. The maximum Gasteiger partial charge on any atom is 0.156 e. The summed E-state index contributed by atoms with van der Waals surface area (Å²) in [6.45, 7) is 4.21. The summed E-state index contributed by atoms with van der Waals surface area (Å²) in [5.74, 6) is 0.812. The number of allylic oxidation sites excluding steroid dienone is 3. The van der Waals surface area contributed by atoms with Crippen LogP contribution in [0, 0.1) is 22.7 Å². The van der Waals surface area contributed by atoms with Gasteiger partial charge in [0.2, 0.25) is 0 Å². The highest BCUT2D eigenvalue weighted by atomic mass is 16.3. The van der Waals surface area contributed by atoms with Crippen LogP contribution in [0.4, 0.5) is 0 Å². The molecule has 0 spiro atoms. The molecule has 1 N–H and O–H groups in total. The van der Waals surface area contributed by atoms with E-state index in [-0.39, 0.29) is 22.9 Å². The Hall–Kier alpha value is -1.22. The average molecular weight is 300 g/mol. The van der Waals surface area contributed by atoms with Gasteiger partial charge in [-0.15, -0.1) is 0 Å². The van der Waals surface area contributed by atoms with Gasteiger partial charge in [0.25, 0.3) is 0 Å². The Morgan fingerprint density at radius 3 is 2.68 bits per heavy atom. The molecule has 4 aliphatic rings. The quantitative estimate of drug-likeness (QED) is 0.748. The summed E-state index contributed by atoms with van der Waals surface area (Å²) >= 11 is 0. The zero-order valence-electron chi connectivity index (χ0n) is 13.4. The molecule has 0 aromatic heterocycles. The van der Waals surface area contributed by atoms with Crippen molar-refractivity contribution in [2.75, 3.05) is 0 Å². The summed E-state index contributed by atoms with van der Waals surface area (Å²) in [5.41, 5.74) is -0.391. The largest absolute Gasteiger partial charge is 0.388 e. The Morgan fingerprint density at radius 1 is 1.14 bits per heavy atom. The van der Waals surface area contributed by atoms with Crippen LogP contribution in [0.15, 0.2) is 23.8 Å². The molecule has 5 atom stereocenters. The second-order valence-electron chi connectivity index (χ2n) is 8.19. The third-order valence-corrected chi connectivity index (χ3v) is 7.41. The summed E-state index contributed by atoms with van der Waals surface area (Å²) in [7, 11) is 0. The summed E-state index contributed by atoms with van der Waals surface area (Å²) in [4.78, 5) is 24.1. The van der Waals surface area contributed by atoms with E-state index in [2.05, 4.69) is 13.0 Å². The van der Waals surface area contributed by atoms with Crippen LogP contribution in [0.1, 0.15) is 52.4 Å². The van der Waals surface area contributed by atoms with Gasteiger partial charge in [-0.1, -0.05) is 19.1 Å². The Bertz CT molecular complexity index is 631. The van der Waals surface area contributed by atoms with Gasteiger partial charge in [-0.25, -0.2) is 0 Å². The molecule has 22 heavy (non-hydrogen) atoms. The van der Waals surface area contributed by atoms with Crippen LogP contribution in [0.2, 0.25) is 0 Å². The number of Topliss-reactive ketones (excluding diaryl/α,β-unsaturated/α-hetero) is 1. The molecular formula is C19H24O3. The lowest BCUT2D eigenvalue weighted by Crippen LogP contribution is -2.59. The highest BCUT2D eigenvalue weighted by molar-refractivity contribution is 5.92. The van der Waals surface area contributed by atoms with E-state index in [1.807, 2.05) is 13.0 Å².